The molecule has 0 aliphatic carbocycles. The van der Waals surface area contributed by atoms with Gasteiger partial charge in [-0.15, -0.1) is 0 Å². The van der Waals surface area contributed by atoms with E-state index in [1.54, 1.807) is 0 Å². The fourth-order valence-electron chi connectivity index (χ4n) is 6.79. The number of urea groups is 1. The van der Waals surface area contributed by atoms with Gasteiger partial charge in [0.2, 0.25) is 11.8 Å². The number of unbranched alkanes of at least 4 members (excludes halogenated alkanes) is 3. The van der Waals surface area contributed by atoms with E-state index < -0.39 is 71.6 Å². The van der Waals surface area contributed by atoms with Gasteiger partial charge in [0.25, 0.3) is 5.56 Å². The summed E-state index contributed by atoms with van der Waals surface area (Å²) in [6.07, 6.45) is 4.11. The number of nitrogens with one attached hydrogen (secondary N) is 5. The Kier molecular flexibility index (Phi) is 19.1. The highest BCUT2D eigenvalue weighted by Gasteiger charge is 2.44. The van der Waals surface area contributed by atoms with Gasteiger partial charge in [-0.25, -0.2) is 23.3 Å². The number of rotatable bonds is 26. The van der Waals surface area contributed by atoms with Crippen LogP contribution in [-0.2, 0) is 52.4 Å². The maximum absolute atomic E-state index is 12.9. The number of aromatic nitrogens is 2. The predicted octanol–water partition coefficient (Wildman–Crippen LogP) is -0.363. The first kappa shape index (κ1) is 50.6. The molecule has 0 spiro atoms. The third kappa shape index (κ3) is 16.5. The van der Waals surface area contributed by atoms with Crippen molar-refractivity contribution in [2.75, 3.05) is 25.4 Å². The van der Waals surface area contributed by atoms with Gasteiger partial charge in [0.05, 0.1) is 30.7 Å². The second kappa shape index (κ2) is 23.0. The lowest BCUT2D eigenvalue weighted by molar-refractivity contribution is -0.133. The minimum atomic E-state index is -5.79. The zero-order chi connectivity index (χ0) is 45.0. The smallest absolute Gasteiger partial charge is 0.390 e. The third-order valence-corrected chi connectivity index (χ3v) is 15.0. The zero-order valence-electron chi connectivity index (χ0n) is 32.7. The van der Waals surface area contributed by atoms with Crippen LogP contribution < -0.4 is 38.2 Å². The summed E-state index contributed by atoms with van der Waals surface area (Å²) in [6.45, 7) is -0.447. The summed E-state index contributed by atoms with van der Waals surface area (Å²) in [4.78, 5) is 113. The van der Waals surface area contributed by atoms with E-state index in [9.17, 15) is 57.4 Å². The number of hydrogen-bond donors (Lipinski definition) is 11. The first-order valence-electron chi connectivity index (χ1n) is 19.3. The van der Waals surface area contributed by atoms with Gasteiger partial charge in [-0.1, -0.05) is 18.9 Å². The summed E-state index contributed by atoms with van der Waals surface area (Å²) in [7, 11) is -16.9. The van der Waals surface area contributed by atoms with E-state index in [0.29, 0.717) is 37.5 Å². The molecule has 3 aliphatic heterocycles. The van der Waals surface area contributed by atoms with E-state index >= 15 is 0 Å². The minimum Gasteiger partial charge on any atom is -0.390 e. The number of H-pyrrole nitrogens is 1. The number of ketones is 1. The molecule has 3 aliphatic rings. The van der Waals surface area contributed by atoms with Crippen LogP contribution in [0.25, 0.3) is 0 Å². The van der Waals surface area contributed by atoms with Crippen LogP contribution in [0.5, 0.6) is 0 Å². The van der Waals surface area contributed by atoms with Crippen LogP contribution in [0.4, 0.5) is 4.79 Å². The molecule has 0 aromatic carbocycles. The number of phosphoric acid groups is 3. The molecule has 1 aromatic heterocycles. The lowest BCUT2D eigenvalue weighted by atomic mass is 9.95. The van der Waals surface area contributed by atoms with Crippen LogP contribution in [0.3, 0.4) is 0 Å². The largest absolute Gasteiger partial charge is 0.490 e. The number of aliphatic hydroxyl groups excluding tert-OH is 1. The fourth-order valence-corrected chi connectivity index (χ4v) is 11.4. The molecule has 344 valence electrons. The molecular weight excluding hydrogens is 895 g/mol. The number of nitrogens with two attached hydrogens (primary N) is 1. The Labute approximate surface area is 352 Å². The summed E-state index contributed by atoms with van der Waals surface area (Å²) in [5.74, 6) is -1.09. The number of thioether (sulfide) groups is 1. The van der Waals surface area contributed by atoms with Gasteiger partial charge in [0, 0.05) is 54.8 Å². The maximum Gasteiger partial charge on any atom is 0.490 e. The molecule has 3 unspecified atom stereocenters. The van der Waals surface area contributed by atoms with Crippen molar-refractivity contribution in [3.05, 3.63) is 44.9 Å². The highest BCUT2D eigenvalue weighted by Crippen LogP contribution is 2.66. The van der Waals surface area contributed by atoms with E-state index in [2.05, 4.69) is 39.4 Å². The van der Waals surface area contributed by atoms with Gasteiger partial charge < -0.3 is 56.4 Å². The van der Waals surface area contributed by atoms with Crippen molar-refractivity contribution in [2.45, 2.75) is 106 Å². The van der Waals surface area contributed by atoms with Gasteiger partial charge in [0.15, 0.2) is 0 Å². The summed E-state index contributed by atoms with van der Waals surface area (Å²) < 4.78 is 52.6. The summed E-state index contributed by atoms with van der Waals surface area (Å²) in [5, 5.41) is 22.0. The Balaban J connectivity index is 1.15. The number of hydrogen-bond acceptors (Lipinski definition) is 16. The highest BCUT2D eigenvalue weighted by molar-refractivity contribution is 8.00. The minimum absolute atomic E-state index is 0.00130. The van der Waals surface area contributed by atoms with E-state index in [1.165, 1.54) is 12.3 Å². The molecule has 0 radical (unpaired) electrons. The van der Waals surface area contributed by atoms with Gasteiger partial charge >= 0.3 is 35.2 Å². The number of fused-ring (bicyclic) bond motifs is 1. The van der Waals surface area contributed by atoms with Gasteiger partial charge in [0.1, 0.15) is 18.1 Å². The van der Waals surface area contributed by atoms with Crippen molar-refractivity contribution >= 4 is 58.9 Å². The number of aliphatic hydroxyl groups is 1. The fraction of sp³-hybridized carbons (Fsp3) is 0.688. The quantitative estimate of drug-likeness (QED) is 0.0244. The number of phosphoric ester groups is 1. The summed E-state index contributed by atoms with van der Waals surface area (Å²) in [5.41, 5.74) is 3.92. The molecule has 9 atom stereocenters. The maximum atomic E-state index is 12.9. The first-order chi connectivity index (χ1) is 28.7. The summed E-state index contributed by atoms with van der Waals surface area (Å²) in [6, 6.07) is 0.195. The molecule has 4 rings (SSSR count). The number of Topliss-reactive ketones (excluding diaryl/α,β-unsaturated/α-hetero) is 1. The number of aromatic amines is 1. The lowest BCUT2D eigenvalue weighted by Crippen LogP contribution is -2.36. The average Bonchev–Trinajstić information content (AvgIpc) is 3.83. The molecule has 12 N–H and O–H groups in total. The molecule has 3 fully saturated rings. The van der Waals surface area contributed by atoms with Crippen molar-refractivity contribution in [1.29, 1.82) is 0 Å². The Bertz CT molecular complexity index is 2020. The SMILES string of the molecule is NCCC(C(=O)CCCCCNC(=O)CCCC[C@@H]1SC[C@@H]2NC(=O)N[C@@H]21)C(=O)NC=CCc1cn([C@H]2C[C@H](O)[C@@H](COP(=O)(O)OP(=O)(O)OP(=O)(O)O)O2)c(=O)[nH]c1=O. The van der Waals surface area contributed by atoms with Gasteiger partial charge in [-0.2, -0.15) is 20.4 Å². The van der Waals surface area contributed by atoms with Crippen molar-refractivity contribution in [2.24, 2.45) is 11.7 Å². The second-order valence-electron chi connectivity index (χ2n) is 14.4. The topological polar surface area (TPSA) is 387 Å². The van der Waals surface area contributed by atoms with Crippen molar-refractivity contribution < 1.29 is 75.4 Å². The van der Waals surface area contributed by atoms with Crippen LogP contribution in [-0.4, -0.2) is 113 Å². The third-order valence-electron chi connectivity index (χ3n) is 9.72. The van der Waals surface area contributed by atoms with E-state index in [4.69, 9.17) is 20.3 Å². The number of allylic oxidation sites excluding steroid dienone is 1. The van der Waals surface area contributed by atoms with Gasteiger partial charge in [-0.05, 0) is 45.1 Å². The molecule has 4 amide bonds. The Morgan fingerprint density at radius 3 is 2.48 bits per heavy atom. The van der Waals surface area contributed by atoms with Crippen LogP contribution in [0.2, 0.25) is 0 Å². The average molecular weight is 948 g/mol. The van der Waals surface area contributed by atoms with E-state index in [-0.39, 0.29) is 67.6 Å². The lowest BCUT2D eigenvalue weighted by Gasteiger charge is -2.19. The predicted molar refractivity (Wildman–Crippen MR) is 214 cm³/mol. The normalized spacial score (nSPS) is 25.0. The van der Waals surface area contributed by atoms with Crippen molar-refractivity contribution in [3.8, 4) is 0 Å². The molecule has 0 bridgehead atoms. The number of amides is 4. The Morgan fingerprint density at radius 1 is 1.02 bits per heavy atom. The number of carbonyl (C=O) groups is 4. The van der Waals surface area contributed by atoms with Crippen LogP contribution in [0, 0.1) is 5.92 Å². The molecular formula is C32H52N7O18P3S. The monoisotopic (exact) mass is 947 g/mol. The van der Waals surface area contributed by atoms with Crippen molar-refractivity contribution in [3.63, 3.8) is 0 Å². The molecule has 25 nitrogen and oxygen atoms in total. The zero-order valence-corrected chi connectivity index (χ0v) is 36.2. The number of nitrogens with zero attached hydrogens (tertiary/aromatic N) is 1. The Hall–Kier alpha value is -3.06. The molecule has 3 saturated heterocycles. The summed E-state index contributed by atoms with van der Waals surface area (Å²) >= 11 is 1.84. The van der Waals surface area contributed by atoms with E-state index in [1.807, 2.05) is 11.8 Å². The van der Waals surface area contributed by atoms with Crippen LogP contribution in [0.15, 0.2) is 28.1 Å². The second-order valence-corrected chi connectivity index (χ2v) is 20.1. The highest BCUT2D eigenvalue weighted by atomic mass is 32.2. The van der Waals surface area contributed by atoms with Crippen molar-refractivity contribution in [1.82, 2.24) is 30.8 Å². The molecule has 0 saturated carbocycles. The first-order valence-corrected chi connectivity index (χ1v) is 24.8. The van der Waals surface area contributed by atoms with Gasteiger partial charge in [-0.3, -0.25) is 33.3 Å². The molecule has 4 heterocycles. The van der Waals surface area contributed by atoms with Crippen LogP contribution >= 0.6 is 35.2 Å². The molecule has 1 aromatic rings. The number of ether oxygens (including phenoxy) is 1. The van der Waals surface area contributed by atoms with Crippen LogP contribution in [0.1, 0.15) is 76.0 Å². The standard InChI is InChI=1S/C32H52N7O18P3S/c33-12-11-20(22(40)8-2-1-5-13-34-26(42)10-4-3-9-25-28-21(18-61-25)36-31(45)37-28)30(44)35-14-6-7-19-16-39(32(46)38-29(19)43)27-15-23(41)24(55-27)17-54-59(50,51)57-60(52,53)56-58(47,48)49/h6,14,16,20-21,23-25,27-28,41H,1-5,7-13,15,17-18,33H2,(H,34,42)(H,35,44)(H,50,51)(H,52,53)(H2,36,37,45)(H,38,43,46)(H2,47,48,49)/t20?,21-,23-,24+,25-,27+,28-/m0/s1. The Morgan fingerprint density at radius 2 is 1.75 bits per heavy atom. The molecule has 61 heavy (non-hydrogen) atoms. The molecule has 29 heteroatoms. The van der Waals surface area contributed by atoms with E-state index in [0.717, 1.165) is 35.8 Å². The number of carbonyl (C=O) groups excluding carboxylic acids is 4.